The molecule has 1 saturated heterocycles. The van der Waals surface area contributed by atoms with Gasteiger partial charge in [0.05, 0.1) is 17.9 Å². The van der Waals surface area contributed by atoms with Crippen molar-refractivity contribution in [1.29, 1.82) is 0 Å². The van der Waals surface area contributed by atoms with Crippen LogP contribution < -0.4 is 16.0 Å². The topological polar surface area (TPSA) is 100 Å². The molecule has 0 saturated carbocycles. The maximum Gasteiger partial charge on any atom is 0.258 e. The number of nitrogens with zero attached hydrogens (tertiary/aromatic N) is 7. The molecule has 1 aliphatic rings. The Hall–Kier alpha value is -3.08. The summed E-state index contributed by atoms with van der Waals surface area (Å²) in [7, 11) is 4.28. The van der Waals surface area contributed by atoms with Crippen molar-refractivity contribution in [3.63, 3.8) is 0 Å². The SMILES string of the molecule is CCCC(Nc1nc(N)c2ncc(Cc3cnc(N4CCC(N(C)C)CC4)c(C)c3)n2n1)C(F)F. The highest BCUT2D eigenvalue weighted by molar-refractivity contribution is 5.61. The number of nitrogens with one attached hydrogen (secondary N) is 1. The summed E-state index contributed by atoms with van der Waals surface area (Å²) in [5.74, 6) is 1.24. The number of fused-ring (bicyclic) bond motifs is 1. The fraction of sp³-hybridized carbons (Fsp3) is 0.583. The number of nitrogen functional groups attached to an aromatic ring is 1. The van der Waals surface area contributed by atoms with Gasteiger partial charge in [-0.1, -0.05) is 19.4 Å². The summed E-state index contributed by atoms with van der Waals surface area (Å²) in [4.78, 5) is 17.9. The third-order valence-electron chi connectivity index (χ3n) is 6.66. The summed E-state index contributed by atoms with van der Waals surface area (Å²) in [5.41, 5.74) is 9.38. The first-order valence-electron chi connectivity index (χ1n) is 12.2. The van der Waals surface area contributed by atoms with Crippen molar-refractivity contribution in [3.8, 4) is 0 Å². The predicted molar refractivity (Wildman–Crippen MR) is 134 cm³/mol. The van der Waals surface area contributed by atoms with Crippen LogP contribution in [0.1, 0.15) is 49.4 Å². The second kappa shape index (κ2) is 10.7. The van der Waals surface area contributed by atoms with Crippen molar-refractivity contribution in [2.45, 2.75) is 64.5 Å². The molecule has 1 aliphatic heterocycles. The summed E-state index contributed by atoms with van der Waals surface area (Å²) in [6, 6.07) is 1.72. The van der Waals surface area contributed by atoms with Crippen LogP contribution in [0.3, 0.4) is 0 Å². The average Bonchev–Trinajstić information content (AvgIpc) is 3.22. The quantitative estimate of drug-likeness (QED) is 0.474. The fourth-order valence-corrected chi connectivity index (χ4v) is 4.72. The van der Waals surface area contributed by atoms with Crippen LogP contribution in [0.15, 0.2) is 18.5 Å². The molecular weight excluding hydrogens is 452 g/mol. The van der Waals surface area contributed by atoms with Crippen LogP contribution in [0, 0.1) is 6.92 Å². The lowest BCUT2D eigenvalue weighted by atomic mass is 10.0. The van der Waals surface area contributed by atoms with Crippen molar-refractivity contribution in [2.24, 2.45) is 0 Å². The Morgan fingerprint density at radius 3 is 2.57 bits per heavy atom. The van der Waals surface area contributed by atoms with Crippen molar-refractivity contribution in [2.75, 3.05) is 43.1 Å². The van der Waals surface area contributed by atoms with Gasteiger partial charge < -0.3 is 20.9 Å². The monoisotopic (exact) mass is 487 g/mol. The number of aryl methyl sites for hydroxylation is 1. The van der Waals surface area contributed by atoms with Crippen LogP contribution >= 0.6 is 0 Å². The molecule has 1 unspecified atom stereocenters. The van der Waals surface area contributed by atoms with E-state index in [-0.39, 0.29) is 11.8 Å². The molecule has 190 valence electrons. The molecule has 4 rings (SSSR count). The van der Waals surface area contributed by atoms with Crippen molar-refractivity contribution in [3.05, 3.63) is 35.3 Å². The minimum absolute atomic E-state index is 0.0683. The van der Waals surface area contributed by atoms with Gasteiger partial charge >= 0.3 is 0 Å². The highest BCUT2D eigenvalue weighted by Crippen LogP contribution is 2.25. The third kappa shape index (κ3) is 5.61. The number of anilines is 3. The van der Waals surface area contributed by atoms with Crippen LogP contribution in [-0.2, 0) is 6.42 Å². The summed E-state index contributed by atoms with van der Waals surface area (Å²) in [5, 5.41) is 7.15. The van der Waals surface area contributed by atoms with Gasteiger partial charge in [-0.2, -0.15) is 4.98 Å². The van der Waals surface area contributed by atoms with E-state index in [1.54, 1.807) is 10.7 Å². The smallest absolute Gasteiger partial charge is 0.258 e. The lowest BCUT2D eigenvalue weighted by Gasteiger charge is -2.36. The Labute approximate surface area is 204 Å². The molecule has 0 bridgehead atoms. The van der Waals surface area contributed by atoms with E-state index in [1.807, 2.05) is 13.1 Å². The van der Waals surface area contributed by atoms with Gasteiger partial charge in [-0.05, 0) is 51.4 Å². The van der Waals surface area contributed by atoms with Crippen LogP contribution in [0.2, 0.25) is 0 Å². The van der Waals surface area contributed by atoms with Gasteiger partial charge in [0, 0.05) is 31.7 Å². The van der Waals surface area contributed by atoms with Crippen LogP contribution in [-0.4, -0.2) is 75.2 Å². The van der Waals surface area contributed by atoms with Crippen molar-refractivity contribution < 1.29 is 8.78 Å². The normalized spacial score (nSPS) is 15.9. The van der Waals surface area contributed by atoms with E-state index in [2.05, 4.69) is 57.3 Å². The van der Waals surface area contributed by atoms with E-state index in [0.29, 0.717) is 31.0 Å². The Kier molecular flexibility index (Phi) is 7.63. The second-order valence-electron chi connectivity index (χ2n) is 9.52. The van der Waals surface area contributed by atoms with Gasteiger partial charge in [-0.15, -0.1) is 5.10 Å². The van der Waals surface area contributed by atoms with E-state index in [0.717, 1.165) is 48.6 Å². The zero-order valence-electron chi connectivity index (χ0n) is 20.9. The number of alkyl halides is 2. The van der Waals surface area contributed by atoms with Crippen LogP contribution in [0.25, 0.3) is 5.65 Å². The van der Waals surface area contributed by atoms with Crippen LogP contribution in [0.4, 0.5) is 26.4 Å². The third-order valence-corrected chi connectivity index (χ3v) is 6.66. The van der Waals surface area contributed by atoms with Gasteiger partial charge in [0.25, 0.3) is 6.43 Å². The van der Waals surface area contributed by atoms with Gasteiger partial charge in [-0.3, -0.25) is 0 Å². The minimum Gasteiger partial charge on any atom is -0.380 e. The standard InChI is InChI=1S/C24H35F2N9/c1-5-6-19(20(25)26)30-24-31-21(27)23-29-14-18(35(23)32-24)12-16-11-15(2)22(28-13-16)34-9-7-17(8-10-34)33(3)4/h11,13-14,17,19-20H,5-10,12H2,1-4H3,(H3,27,30,31,32). The number of hydrogen-bond acceptors (Lipinski definition) is 8. The molecule has 3 aromatic heterocycles. The number of piperidine rings is 1. The highest BCUT2D eigenvalue weighted by atomic mass is 19.3. The van der Waals surface area contributed by atoms with Crippen molar-refractivity contribution >= 4 is 23.2 Å². The molecular formula is C24H35F2N9. The number of rotatable bonds is 9. The Morgan fingerprint density at radius 1 is 1.20 bits per heavy atom. The highest BCUT2D eigenvalue weighted by Gasteiger charge is 2.23. The first kappa shape index (κ1) is 25.0. The van der Waals surface area contributed by atoms with E-state index in [9.17, 15) is 8.78 Å². The summed E-state index contributed by atoms with van der Waals surface area (Å²) < 4.78 is 28.3. The van der Waals surface area contributed by atoms with Gasteiger partial charge in [0.1, 0.15) is 5.82 Å². The van der Waals surface area contributed by atoms with Gasteiger partial charge in [-0.25, -0.2) is 23.3 Å². The number of nitrogens with two attached hydrogens (primary N) is 1. The molecule has 4 heterocycles. The summed E-state index contributed by atoms with van der Waals surface area (Å²) >= 11 is 0. The first-order valence-corrected chi connectivity index (χ1v) is 12.2. The van der Waals surface area contributed by atoms with Gasteiger partial charge in [0.15, 0.2) is 11.5 Å². The minimum atomic E-state index is -2.53. The van der Waals surface area contributed by atoms with E-state index < -0.39 is 12.5 Å². The maximum absolute atomic E-state index is 13.4. The molecule has 1 atom stereocenters. The number of imidazole rings is 1. The van der Waals surface area contributed by atoms with Gasteiger partial charge in [0.2, 0.25) is 5.95 Å². The Bertz CT molecular complexity index is 1140. The Morgan fingerprint density at radius 2 is 1.94 bits per heavy atom. The molecule has 35 heavy (non-hydrogen) atoms. The largest absolute Gasteiger partial charge is 0.380 e. The molecule has 0 radical (unpaired) electrons. The number of hydrogen-bond donors (Lipinski definition) is 2. The molecule has 0 spiro atoms. The average molecular weight is 488 g/mol. The molecule has 9 nitrogen and oxygen atoms in total. The predicted octanol–water partition coefficient (Wildman–Crippen LogP) is 3.38. The lowest BCUT2D eigenvalue weighted by Crippen LogP contribution is -2.42. The molecule has 0 amide bonds. The van der Waals surface area contributed by atoms with E-state index in [1.165, 1.54) is 0 Å². The maximum atomic E-state index is 13.4. The molecule has 3 N–H and O–H groups in total. The van der Waals surface area contributed by atoms with Crippen LogP contribution in [0.5, 0.6) is 0 Å². The number of pyridine rings is 1. The zero-order valence-corrected chi connectivity index (χ0v) is 20.9. The van der Waals surface area contributed by atoms with Crippen molar-refractivity contribution in [1.82, 2.24) is 29.5 Å². The zero-order chi connectivity index (χ0) is 25.1. The molecule has 0 aliphatic carbocycles. The number of aromatic nitrogens is 5. The molecule has 1 fully saturated rings. The summed E-state index contributed by atoms with van der Waals surface area (Å²) in [6.07, 6.45) is 4.75. The Balaban J connectivity index is 1.52. The molecule has 3 aromatic rings. The fourth-order valence-electron chi connectivity index (χ4n) is 4.72. The summed E-state index contributed by atoms with van der Waals surface area (Å²) in [6.45, 7) is 5.93. The molecule has 11 heteroatoms. The first-order chi connectivity index (χ1) is 16.8. The number of halogens is 2. The van der Waals surface area contributed by atoms with E-state index >= 15 is 0 Å². The second-order valence-corrected chi connectivity index (χ2v) is 9.52. The molecule has 0 aromatic carbocycles. The lowest BCUT2D eigenvalue weighted by molar-refractivity contribution is 0.119. The van der Waals surface area contributed by atoms with E-state index in [4.69, 9.17) is 10.7 Å².